The first-order valence-electron chi connectivity index (χ1n) is 4.46. The molecule has 0 atom stereocenters. The van der Waals surface area contributed by atoms with E-state index in [-0.39, 0.29) is 5.82 Å². The standard InChI is InChI=1S/C11H10FN/c12-11-6-8(3-4-13)5-10(7-11)9-1-2-9/h5-7,9H,1-3H2. The summed E-state index contributed by atoms with van der Waals surface area (Å²) in [5.41, 5.74) is 1.86. The monoisotopic (exact) mass is 175 g/mol. The fraction of sp³-hybridized carbons (Fsp3) is 0.364. The lowest BCUT2D eigenvalue weighted by atomic mass is 10.1. The van der Waals surface area contributed by atoms with E-state index in [2.05, 4.69) is 0 Å². The first-order valence-corrected chi connectivity index (χ1v) is 4.46. The smallest absolute Gasteiger partial charge is 0.123 e. The van der Waals surface area contributed by atoms with Gasteiger partial charge >= 0.3 is 0 Å². The van der Waals surface area contributed by atoms with Crippen LogP contribution in [0.3, 0.4) is 0 Å². The summed E-state index contributed by atoms with van der Waals surface area (Å²) in [5.74, 6) is 0.336. The van der Waals surface area contributed by atoms with Crippen LogP contribution in [0.15, 0.2) is 18.2 Å². The van der Waals surface area contributed by atoms with Crippen molar-refractivity contribution in [2.45, 2.75) is 25.2 Å². The molecule has 0 bridgehead atoms. The van der Waals surface area contributed by atoms with E-state index in [1.807, 2.05) is 12.1 Å². The Morgan fingerprint density at radius 1 is 1.38 bits per heavy atom. The van der Waals surface area contributed by atoms with Crippen LogP contribution >= 0.6 is 0 Å². The number of hydrogen-bond donors (Lipinski definition) is 0. The van der Waals surface area contributed by atoms with Gasteiger partial charge in [0.25, 0.3) is 0 Å². The van der Waals surface area contributed by atoms with Gasteiger partial charge in [-0.1, -0.05) is 6.07 Å². The molecule has 1 saturated carbocycles. The summed E-state index contributed by atoms with van der Waals surface area (Å²) in [4.78, 5) is 0. The Morgan fingerprint density at radius 2 is 2.15 bits per heavy atom. The van der Waals surface area contributed by atoms with E-state index in [1.54, 1.807) is 6.07 Å². The van der Waals surface area contributed by atoms with Crippen LogP contribution in [0.1, 0.15) is 29.9 Å². The average molecular weight is 175 g/mol. The summed E-state index contributed by atoms with van der Waals surface area (Å²) in [6, 6.07) is 7.00. The summed E-state index contributed by atoms with van der Waals surface area (Å²) < 4.78 is 13.0. The zero-order valence-corrected chi connectivity index (χ0v) is 7.26. The zero-order valence-electron chi connectivity index (χ0n) is 7.26. The summed E-state index contributed by atoms with van der Waals surface area (Å²) in [6.45, 7) is 0. The van der Waals surface area contributed by atoms with Crippen molar-refractivity contribution in [3.05, 3.63) is 35.1 Å². The Labute approximate surface area is 76.8 Å². The molecule has 1 aromatic carbocycles. The van der Waals surface area contributed by atoms with E-state index in [0.717, 1.165) is 24.0 Å². The molecule has 0 spiro atoms. The molecule has 0 saturated heterocycles. The molecule has 0 radical (unpaired) electrons. The van der Waals surface area contributed by atoms with Gasteiger partial charge in [0.1, 0.15) is 5.82 Å². The molecule has 1 aliphatic rings. The van der Waals surface area contributed by atoms with E-state index in [4.69, 9.17) is 5.26 Å². The first kappa shape index (κ1) is 8.25. The van der Waals surface area contributed by atoms with Crippen LogP contribution < -0.4 is 0 Å². The fourth-order valence-corrected chi connectivity index (χ4v) is 1.52. The molecule has 0 heterocycles. The van der Waals surface area contributed by atoms with Crippen LogP contribution in [-0.4, -0.2) is 0 Å². The van der Waals surface area contributed by atoms with Crippen molar-refractivity contribution in [1.29, 1.82) is 5.26 Å². The highest BCUT2D eigenvalue weighted by molar-refractivity contribution is 5.31. The molecular formula is C11H10FN. The molecule has 2 heteroatoms. The summed E-state index contributed by atoms with van der Waals surface area (Å²) in [6.07, 6.45) is 2.63. The molecule has 66 valence electrons. The molecule has 0 aliphatic heterocycles. The predicted octanol–water partition coefficient (Wildman–Crippen LogP) is 2.77. The second-order valence-corrected chi connectivity index (χ2v) is 3.50. The molecule has 0 unspecified atom stereocenters. The molecular weight excluding hydrogens is 165 g/mol. The largest absolute Gasteiger partial charge is 0.207 e. The minimum Gasteiger partial charge on any atom is -0.207 e. The van der Waals surface area contributed by atoms with Crippen molar-refractivity contribution in [3.8, 4) is 6.07 Å². The van der Waals surface area contributed by atoms with Crippen molar-refractivity contribution in [1.82, 2.24) is 0 Å². The highest BCUT2D eigenvalue weighted by Gasteiger charge is 2.24. The Morgan fingerprint density at radius 3 is 2.77 bits per heavy atom. The third-order valence-corrected chi connectivity index (χ3v) is 2.31. The minimum absolute atomic E-state index is 0.213. The highest BCUT2D eigenvalue weighted by atomic mass is 19.1. The van der Waals surface area contributed by atoms with E-state index in [1.165, 1.54) is 6.07 Å². The zero-order chi connectivity index (χ0) is 9.26. The van der Waals surface area contributed by atoms with Gasteiger partial charge in [-0.05, 0) is 42.0 Å². The lowest BCUT2D eigenvalue weighted by molar-refractivity contribution is 0.623. The summed E-state index contributed by atoms with van der Waals surface area (Å²) in [7, 11) is 0. The number of hydrogen-bond acceptors (Lipinski definition) is 1. The highest BCUT2D eigenvalue weighted by Crippen LogP contribution is 2.40. The SMILES string of the molecule is N#CCc1cc(F)cc(C2CC2)c1. The van der Waals surface area contributed by atoms with Crippen LogP contribution in [0, 0.1) is 17.1 Å². The third kappa shape index (κ3) is 1.86. The van der Waals surface area contributed by atoms with E-state index >= 15 is 0 Å². The van der Waals surface area contributed by atoms with Crippen LogP contribution in [0.4, 0.5) is 4.39 Å². The van der Waals surface area contributed by atoms with E-state index in [9.17, 15) is 4.39 Å². The molecule has 1 nitrogen and oxygen atoms in total. The van der Waals surface area contributed by atoms with Crippen LogP contribution in [0.25, 0.3) is 0 Å². The molecule has 1 aromatic rings. The van der Waals surface area contributed by atoms with Crippen molar-refractivity contribution in [3.63, 3.8) is 0 Å². The molecule has 0 N–H and O–H groups in total. The summed E-state index contributed by atoms with van der Waals surface area (Å²) in [5, 5.41) is 8.48. The number of benzene rings is 1. The molecule has 1 fully saturated rings. The summed E-state index contributed by atoms with van der Waals surface area (Å²) >= 11 is 0. The van der Waals surface area contributed by atoms with Crippen molar-refractivity contribution >= 4 is 0 Å². The number of halogens is 1. The lowest BCUT2D eigenvalue weighted by Crippen LogP contribution is -1.88. The van der Waals surface area contributed by atoms with Gasteiger partial charge in [-0.3, -0.25) is 0 Å². The van der Waals surface area contributed by atoms with Gasteiger partial charge in [0, 0.05) is 0 Å². The number of rotatable bonds is 2. The molecule has 0 aromatic heterocycles. The normalized spacial score (nSPS) is 15.4. The first-order chi connectivity index (χ1) is 6.29. The number of nitrogens with zero attached hydrogens (tertiary/aromatic N) is 1. The molecule has 2 rings (SSSR count). The van der Waals surface area contributed by atoms with Gasteiger partial charge in [0.2, 0.25) is 0 Å². The van der Waals surface area contributed by atoms with Gasteiger partial charge in [0.15, 0.2) is 0 Å². The van der Waals surface area contributed by atoms with Crippen molar-refractivity contribution in [2.24, 2.45) is 0 Å². The Kier molecular flexibility index (Phi) is 2.02. The van der Waals surface area contributed by atoms with Gasteiger partial charge in [0.05, 0.1) is 12.5 Å². The Hall–Kier alpha value is -1.36. The third-order valence-electron chi connectivity index (χ3n) is 2.31. The molecule has 1 aliphatic carbocycles. The van der Waals surface area contributed by atoms with Crippen LogP contribution in [0.2, 0.25) is 0 Å². The maximum atomic E-state index is 13.0. The second-order valence-electron chi connectivity index (χ2n) is 3.50. The van der Waals surface area contributed by atoms with E-state index in [0.29, 0.717) is 12.3 Å². The van der Waals surface area contributed by atoms with Gasteiger partial charge in [-0.25, -0.2) is 4.39 Å². The fourth-order valence-electron chi connectivity index (χ4n) is 1.52. The van der Waals surface area contributed by atoms with Gasteiger partial charge < -0.3 is 0 Å². The average Bonchev–Trinajstić information content (AvgIpc) is 2.85. The predicted molar refractivity (Wildman–Crippen MR) is 47.7 cm³/mol. The number of nitriles is 1. The lowest BCUT2D eigenvalue weighted by Gasteiger charge is -2.01. The van der Waals surface area contributed by atoms with Crippen LogP contribution in [0.5, 0.6) is 0 Å². The second kappa shape index (κ2) is 3.18. The maximum Gasteiger partial charge on any atom is 0.123 e. The maximum absolute atomic E-state index is 13.0. The van der Waals surface area contributed by atoms with E-state index < -0.39 is 0 Å². The molecule has 13 heavy (non-hydrogen) atoms. The van der Waals surface area contributed by atoms with Gasteiger partial charge in [-0.15, -0.1) is 0 Å². The Bertz CT molecular complexity index is 361. The van der Waals surface area contributed by atoms with Crippen molar-refractivity contribution < 1.29 is 4.39 Å². The minimum atomic E-state index is -0.213. The molecule has 0 amide bonds. The topological polar surface area (TPSA) is 23.8 Å². The van der Waals surface area contributed by atoms with Crippen LogP contribution in [-0.2, 0) is 6.42 Å². The quantitative estimate of drug-likeness (QED) is 0.678. The van der Waals surface area contributed by atoms with Gasteiger partial charge in [-0.2, -0.15) is 5.26 Å². The Balaban J connectivity index is 2.31. The van der Waals surface area contributed by atoms with Crippen molar-refractivity contribution in [2.75, 3.05) is 0 Å².